The lowest BCUT2D eigenvalue weighted by Crippen LogP contribution is -2.40. The minimum absolute atomic E-state index is 0.162. The van der Waals surface area contributed by atoms with Crippen LogP contribution in [-0.4, -0.2) is 10.7 Å². The molecule has 1 aromatic carbocycles. The topological polar surface area (TPSA) is 29.5 Å². The normalized spacial score (nSPS) is 34.5. The van der Waals surface area contributed by atoms with Gasteiger partial charge in [-0.25, -0.2) is 0 Å². The van der Waals surface area contributed by atoms with Crippen molar-refractivity contribution in [3.05, 3.63) is 28.8 Å². The van der Waals surface area contributed by atoms with Crippen molar-refractivity contribution in [2.24, 2.45) is 5.92 Å². The van der Waals surface area contributed by atoms with Gasteiger partial charge in [0, 0.05) is 17.0 Å². The summed E-state index contributed by atoms with van der Waals surface area (Å²) in [6.45, 7) is 2.31. The van der Waals surface area contributed by atoms with Crippen LogP contribution in [0.15, 0.2) is 18.2 Å². The molecule has 1 aliphatic heterocycles. The number of fused-ring (bicyclic) bond motifs is 1. The van der Waals surface area contributed by atoms with Crippen LogP contribution in [0, 0.1) is 5.92 Å². The van der Waals surface area contributed by atoms with Crippen LogP contribution in [0.4, 0.5) is 0 Å². The predicted octanol–water partition coefficient (Wildman–Crippen LogP) is 4.49. The van der Waals surface area contributed by atoms with Crippen molar-refractivity contribution in [1.29, 1.82) is 0 Å². The number of rotatable bonds is 0. The zero-order valence-electron chi connectivity index (χ0n) is 11.4. The van der Waals surface area contributed by atoms with Gasteiger partial charge in [0.25, 0.3) is 0 Å². The smallest absolute Gasteiger partial charge is 0.126 e. The standard InChI is InChI=1S/C16H21ClO2/c1-11-3-2-7-16(8-6-11)10-14(18)13-9-12(17)4-5-15(13)19-16/h4-5,9,11,14,18H,2-3,6-8,10H2,1H3/t11?,14-,16?/m1/s1. The molecule has 0 aromatic heterocycles. The quantitative estimate of drug-likeness (QED) is 0.758. The summed E-state index contributed by atoms with van der Waals surface area (Å²) in [7, 11) is 0. The summed E-state index contributed by atoms with van der Waals surface area (Å²) in [5.41, 5.74) is 0.681. The third-order valence-electron chi connectivity index (χ3n) is 4.64. The van der Waals surface area contributed by atoms with Gasteiger partial charge >= 0.3 is 0 Å². The molecule has 1 fully saturated rings. The molecule has 1 N–H and O–H groups in total. The van der Waals surface area contributed by atoms with E-state index in [1.165, 1.54) is 19.3 Å². The molecule has 2 unspecified atom stereocenters. The van der Waals surface area contributed by atoms with Gasteiger partial charge in [0.15, 0.2) is 0 Å². The number of aliphatic hydroxyl groups is 1. The minimum atomic E-state index is -0.448. The van der Waals surface area contributed by atoms with E-state index in [1.54, 1.807) is 0 Å². The third-order valence-corrected chi connectivity index (χ3v) is 4.88. The Balaban J connectivity index is 1.89. The van der Waals surface area contributed by atoms with Gasteiger partial charge in [-0.1, -0.05) is 24.9 Å². The summed E-state index contributed by atoms with van der Waals surface area (Å²) >= 11 is 6.00. The maximum Gasteiger partial charge on any atom is 0.126 e. The van der Waals surface area contributed by atoms with Crippen LogP contribution < -0.4 is 4.74 Å². The van der Waals surface area contributed by atoms with Crippen molar-refractivity contribution in [2.45, 2.75) is 57.2 Å². The first-order valence-electron chi connectivity index (χ1n) is 7.24. The molecule has 0 radical (unpaired) electrons. The fraction of sp³-hybridized carbons (Fsp3) is 0.625. The highest BCUT2D eigenvalue weighted by Gasteiger charge is 2.41. The monoisotopic (exact) mass is 280 g/mol. The zero-order valence-corrected chi connectivity index (χ0v) is 12.1. The lowest BCUT2D eigenvalue weighted by molar-refractivity contribution is -0.0249. The average molecular weight is 281 g/mol. The van der Waals surface area contributed by atoms with Gasteiger partial charge < -0.3 is 9.84 Å². The lowest BCUT2D eigenvalue weighted by Gasteiger charge is -2.40. The molecule has 1 aromatic rings. The molecule has 1 saturated carbocycles. The molecular weight excluding hydrogens is 260 g/mol. The van der Waals surface area contributed by atoms with E-state index in [9.17, 15) is 5.11 Å². The first kappa shape index (κ1) is 13.3. The van der Waals surface area contributed by atoms with E-state index < -0.39 is 6.10 Å². The number of halogens is 1. The second-order valence-corrected chi connectivity index (χ2v) is 6.66. The fourth-order valence-corrected chi connectivity index (χ4v) is 3.65. The second-order valence-electron chi connectivity index (χ2n) is 6.22. The van der Waals surface area contributed by atoms with Crippen LogP contribution >= 0.6 is 11.6 Å². The van der Waals surface area contributed by atoms with Gasteiger partial charge in [0.2, 0.25) is 0 Å². The summed E-state index contributed by atoms with van der Waals surface area (Å²) in [6, 6.07) is 5.56. The Kier molecular flexibility index (Phi) is 3.48. The SMILES string of the molecule is CC1CCCC2(CC1)C[C@@H](O)c1cc(Cl)ccc1O2. The highest BCUT2D eigenvalue weighted by atomic mass is 35.5. The summed E-state index contributed by atoms with van der Waals surface area (Å²) in [5.74, 6) is 1.59. The van der Waals surface area contributed by atoms with E-state index in [1.807, 2.05) is 18.2 Å². The average Bonchev–Trinajstić information content (AvgIpc) is 2.54. The van der Waals surface area contributed by atoms with E-state index in [0.29, 0.717) is 11.4 Å². The Labute approximate surface area is 119 Å². The van der Waals surface area contributed by atoms with Gasteiger partial charge in [0.1, 0.15) is 11.4 Å². The highest BCUT2D eigenvalue weighted by Crippen LogP contribution is 2.46. The van der Waals surface area contributed by atoms with E-state index >= 15 is 0 Å². The van der Waals surface area contributed by atoms with E-state index in [-0.39, 0.29) is 5.60 Å². The van der Waals surface area contributed by atoms with E-state index in [0.717, 1.165) is 30.1 Å². The molecule has 2 nitrogen and oxygen atoms in total. The molecule has 104 valence electrons. The Hall–Kier alpha value is -0.730. The second kappa shape index (κ2) is 4.99. The van der Waals surface area contributed by atoms with Crippen LogP contribution in [0.1, 0.15) is 57.1 Å². The van der Waals surface area contributed by atoms with Gasteiger partial charge in [0.05, 0.1) is 6.10 Å². The molecule has 0 amide bonds. The number of ether oxygens (including phenoxy) is 1. The molecule has 1 spiro atoms. The number of hydrogen-bond acceptors (Lipinski definition) is 2. The molecule has 19 heavy (non-hydrogen) atoms. The summed E-state index contributed by atoms with van der Waals surface area (Å²) in [6.07, 6.45) is 6.01. The van der Waals surface area contributed by atoms with Crippen LogP contribution in [0.25, 0.3) is 0 Å². The van der Waals surface area contributed by atoms with Crippen LogP contribution in [0.5, 0.6) is 5.75 Å². The largest absolute Gasteiger partial charge is 0.487 e. The molecule has 3 rings (SSSR count). The maximum atomic E-state index is 10.4. The van der Waals surface area contributed by atoms with E-state index in [2.05, 4.69) is 6.92 Å². The molecule has 3 atom stereocenters. The van der Waals surface area contributed by atoms with E-state index in [4.69, 9.17) is 16.3 Å². The molecule has 1 heterocycles. The van der Waals surface area contributed by atoms with Crippen molar-refractivity contribution >= 4 is 11.6 Å². The van der Waals surface area contributed by atoms with Crippen molar-refractivity contribution in [1.82, 2.24) is 0 Å². The Morgan fingerprint density at radius 2 is 2.16 bits per heavy atom. The number of aliphatic hydroxyl groups excluding tert-OH is 1. The lowest BCUT2D eigenvalue weighted by atomic mass is 9.83. The van der Waals surface area contributed by atoms with Crippen molar-refractivity contribution in [3.63, 3.8) is 0 Å². The number of benzene rings is 1. The summed E-state index contributed by atoms with van der Waals surface area (Å²) in [4.78, 5) is 0. The van der Waals surface area contributed by atoms with Crippen molar-refractivity contribution in [3.8, 4) is 5.75 Å². The molecule has 0 saturated heterocycles. The minimum Gasteiger partial charge on any atom is -0.487 e. The Morgan fingerprint density at radius 3 is 3.00 bits per heavy atom. The summed E-state index contributed by atoms with van der Waals surface area (Å²) in [5, 5.41) is 11.1. The third kappa shape index (κ3) is 2.61. The van der Waals surface area contributed by atoms with Crippen molar-refractivity contribution in [2.75, 3.05) is 0 Å². The number of hydrogen-bond donors (Lipinski definition) is 1. The van der Waals surface area contributed by atoms with Crippen LogP contribution in [-0.2, 0) is 0 Å². The molecule has 2 aliphatic rings. The highest BCUT2D eigenvalue weighted by molar-refractivity contribution is 6.30. The van der Waals surface area contributed by atoms with Gasteiger partial charge in [-0.2, -0.15) is 0 Å². The van der Waals surface area contributed by atoms with Crippen molar-refractivity contribution < 1.29 is 9.84 Å². The molecule has 3 heteroatoms. The first-order chi connectivity index (χ1) is 9.08. The zero-order chi connectivity index (χ0) is 13.5. The Morgan fingerprint density at radius 1 is 1.32 bits per heavy atom. The summed E-state index contributed by atoms with van der Waals surface area (Å²) < 4.78 is 6.30. The molecular formula is C16H21ClO2. The predicted molar refractivity (Wildman–Crippen MR) is 76.6 cm³/mol. The first-order valence-corrected chi connectivity index (χ1v) is 7.62. The maximum absolute atomic E-state index is 10.4. The molecule has 1 aliphatic carbocycles. The Bertz CT molecular complexity index is 474. The van der Waals surface area contributed by atoms with Gasteiger partial charge in [-0.3, -0.25) is 0 Å². The van der Waals surface area contributed by atoms with Crippen LogP contribution in [0.2, 0.25) is 5.02 Å². The van der Waals surface area contributed by atoms with Gasteiger partial charge in [-0.05, 0) is 49.8 Å². The van der Waals surface area contributed by atoms with Crippen LogP contribution in [0.3, 0.4) is 0 Å². The van der Waals surface area contributed by atoms with Gasteiger partial charge in [-0.15, -0.1) is 0 Å². The molecule has 0 bridgehead atoms. The fourth-order valence-electron chi connectivity index (χ4n) is 3.47.